The summed E-state index contributed by atoms with van der Waals surface area (Å²) in [7, 11) is 0. The highest BCUT2D eigenvalue weighted by atomic mass is 35.6. The number of hydrogen-bond donors (Lipinski definition) is 2. The van der Waals surface area contributed by atoms with Crippen LogP contribution in [0.3, 0.4) is 0 Å². The first kappa shape index (κ1) is 13.0. The SMILES string of the molecule is N#C/C(=C(/O)C(Cl)(Cl)Cl)c1nc2ccccc2[nH]1. The van der Waals surface area contributed by atoms with Crippen LogP contribution in [0.2, 0.25) is 0 Å². The zero-order chi connectivity index (χ0) is 13.3. The molecule has 0 fully saturated rings. The average molecular weight is 303 g/mol. The number of H-pyrrole nitrogens is 1. The zero-order valence-corrected chi connectivity index (χ0v) is 11.1. The monoisotopic (exact) mass is 301 g/mol. The van der Waals surface area contributed by atoms with E-state index in [4.69, 9.17) is 40.1 Å². The van der Waals surface area contributed by atoms with Crippen LogP contribution in [0.5, 0.6) is 0 Å². The summed E-state index contributed by atoms with van der Waals surface area (Å²) in [5.74, 6) is -0.503. The summed E-state index contributed by atoms with van der Waals surface area (Å²) in [4.78, 5) is 7.02. The number of aliphatic hydroxyl groups is 1. The Hall–Kier alpha value is -1.41. The molecule has 1 aromatic carbocycles. The van der Waals surface area contributed by atoms with Gasteiger partial charge in [0.25, 0.3) is 0 Å². The lowest BCUT2D eigenvalue weighted by atomic mass is 10.2. The predicted octanol–water partition coefficient (Wildman–Crippen LogP) is 3.73. The van der Waals surface area contributed by atoms with Crippen molar-refractivity contribution in [3.05, 3.63) is 35.8 Å². The normalized spacial score (nSPS) is 13.2. The number of imidazole rings is 1. The number of alkyl halides is 3. The van der Waals surface area contributed by atoms with Crippen molar-refractivity contribution in [2.75, 3.05) is 0 Å². The maximum atomic E-state index is 9.73. The summed E-state index contributed by atoms with van der Waals surface area (Å²) in [6.45, 7) is 0. The minimum atomic E-state index is -2.07. The van der Waals surface area contributed by atoms with Gasteiger partial charge in [0.05, 0.1) is 11.0 Å². The van der Waals surface area contributed by atoms with Crippen molar-refractivity contribution in [1.29, 1.82) is 5.26 Å². The molecule has 0 aliphatic carbocycles. The molecule has 0 unspecified atom stereocenters. The highest BCUT2D eigenvalue weighted by molar-refractivity contribution is 6.69. The first-order valence-electron chi connectivity index (χ1n) is 4.79. The average Bonchev–Trinajstić information content (AvgIpc) is 2.71. The third kappa shape index (κ3) is 2.39. The van der Waals surface area contributed by atoms with Crippen molar-refractivity contribution < 1.29 is 5.11 Å². The smallest absolute Gasteiger partial charge is 0.248 e. The van der Waals surface area contributed by atoms with Crippen LogP contribution in [0.1, 0.15) is 5.82 Å². The van der Waals surface area contributed by atoms with E-state index in [9.17, 15) is 5.11 Å². The summed E-state index contributed by atoms with van der Waals surface area (Å²) in [5.41, 5.74) is 1.17. The van der Waals surface area contributed by atoms with Crippen molar-refractivity contribution in [3.63, 3.8) is 0 Å². The molecule has 0 aliphatic rings. The number of halogens is 3. The first-order chi connectivity index (χ1) is 8.43. The van der Waals surface area contributed by atoms with Gasteiger partial charge in [0.1, 0.15) is 11.6 Å². The molecule has 18 heavy (non-hydrogen) atoms. The lowest BCUT2D eigenvalue weighted by molar-refractivity contribution is 0.405. The maximum absolute atomic E-state index is 9.73. The van der Waals surface area contributed by atoms with Gasteiger partial charge in [-0.15, -0.1) is 0 Å². The first-order valence-corrected chi connectivity index (χ1v) is 5.92. The van der Waals surface area contributed by atoms with Gasteiger partial charge in [-0.3, -0.25) is 0 Å². The number of fused-ring (bicyclic) bond motifs is 1. The Labute approximate surface area is 117 Å². The number of aromatic amines is 1. The summed E-state index contributed by atoms with van der Waals surface area (Å²) in [5, 5.41) is 18.8. The van der Waals surface area contributed by atoms with E-state index in [2.05, 4.69) is 9.97 Å². The van der Waals surface area contributed by atoms with E-state index < -0.39 is 9.55 Å². The molecule has 0 aliphatic heterocycles. The molecule has 2 N–H and O–H groups in total. The highest BCUT2D eigenvalue weighted by Gasteiger charge is 2.31. The third-order valence-electron chi connectivity index (χ3n) is 2.24. The van der Waals surface area contributed by atoms with Crippen molar-refractivity contribution >= 4 is 51.4 Å². The highest BCUT2D eigenvalue weighted by Crippen LogP contribution is 2.36. The zero-order valence-electron chi connectivity index (χ0n) is 8.78. The molecule has 0 bridgehead atoms. The van der Waals surface area contributed by atoms with Gasteiger partial charge in [-0.05, 0) is 12.1 Å². The van der Waals surface area contributed by atoms with E-state index in [1.807, 2.05) is 6.07 Å². The van der Waals surface area contributed by atoms with E-state index in [-0.39, 0.29) is 11.4 Å². The quantitative estimate of drug-likeness (QED) is 0.479. The van der Waals surface area contributed by atoms with Crippen molar-refractivity contribution in [2.24, 2.45) is 0 Å². The van der Waals surface area contributed by atoms with Crippen LogP contribution in [0.15, 0.2) is 30.0 Å². The Morgan fingerprint density at radius 1 is 1.33 bits per heavy atom. The van der Waals surface area contributed by atoms with Crippen molar-refractivity contribution in [2.45, 2.75) is 3.79 Å². The fraction of sp³-hybridized carbons (Fsp3) is 0.0909. The molecule has 92 valence electrons. The van der Waals surface area contributed by atoms with Crippen LogP contribution in [0.4, 0.5) is 0 Å². The fourth-order valence-electron chi connectivity index (χ4n) is 1.43. The number of nitriles is 1. The molecule has 1 aromatic heterocycles. The Kier molecular flexibility index (Phi) is 3.40. The molecular formula is C11H6Cl3N3O. The van der Waals surface area contributed by atoms with Gasteiger partial charge in [0, 0.05) is 0 Å². The van der Waals surface area contributed by atoms with E-state index in [1.54, 1.807) is 24.3 Å². The molecule has 2 aromatic rings. The van der Waals surface area contributed by atoms with Crippen LogP contribution < -0.4 is 0 Å². The number of nitrogens with one attached hydrogen (secondary N) is 1. The number of aromatic nitrogens is 2. The van der Waals surface area contributed by atoms with Gasteiger partial charge < -0.3 is 10.1 Å². The standard InChI is InChI=1S/C11H6Cl3N3O/c12-11(13,14)9(18)6(5-15)10-16-7-3-1-2-4-8(7)17-10/h1-4,18H,(H,16,17)/b9-6-. The number of hydrogen-bond acceptors (Lipinski definition) is 3. The van der Waals surface area contributed by atoms with Crippen LogP contribution in [0, 0.1) is 11.3 Å². The third-order valence-corrected chi connectivity index (χ3v) is 2.78. The Bertz CT molecular complexity index is 631. The molecule has 0 saturated heterocycles. The molecule has 4 nitrogen and oxygen atoms in total. The summed E-state index contributed by atoms with van der Waals surface area (Å²) >= 11 is 16.6. The van der Waals surface area contributed by atoms with E-state index in [0.717, 1.165) is 5.52 Å². The molecule has 1 heterocycles. The van der Waals surface area contributed by atoms with Gasteiger partial charge in [0.15, 0.2) is 11.6 Å². The largest absolute Gasteiger partial charge is 0.506 e. The minimum Gasteiger partial charge on any atom is -0.506 e. The second-order valence-electron chi connectivity index (χ2n) is 3.44. The van der Waals surface area contributed by atoms with Crippen LogP contribution in [-0.2, 0) is 0 Å². The Morgan fingerprint density at radius 2 is 2.00 bits per heavy atom. The summed E-state index contributed by atoms with van der Waals surface area (Å²) in [6, 6.07) is 8.93. The van der Waals surface area contributed by atoms with Crippen LogP contribution >= 0.6 is 34.8 Å². The molecule has 0 radical (unpaired) electrons. The lowest BCUT2D eigenvalue weighted by Gasteiger charge is -2.10. The number of rotatable bonds is 1. The fourth-order valence-corrected chi connectivity index (χ4v) is 1.71. The van der Waals surface area contributed by atoms with Crippen molar-refractivity contribution in [1.82, 2.24) is 9.97 Å². The summed E-state index contributed by atoms with van der Waals surface area (Å²) < 4.78 is -2.07. The molecular weight excluding hydrogens is 297 g/mol. The Morgan fingerprint density at radius 3 is 2.56 bits per heavy atom. The molecule has 0 spiro atoms. The topological polar surface area (TPSA) is 72.7 Å². The lowest BCUT2D eigenvalue weighted by Crippen LogP contribution is -2.09. The number of nitrogens with zero attached hydrogens (tertiary/aromatic N) is 2. The maximum Gasteiger partial charge on any atom is 0.248 e. The van der Waals surface area contributed by atoms with Gasteiger partial charge in [0.2, 0.25) is 3.79 Å². The van der Waals surface area contributed by atoms with E-state index >= 15 is 0 Å². The molecule has 0 amide bonds. The van der Waals surface area contributed by atoms with Gasteiger partial charge in [-0.25, -0.2) is 4.98 Å². The van der Waals surface area contributed by atoms with Gasteiger partial charge in [-0.2, -0.15) is 5.26 Å². The van der Waals surface area contributed by atoms with Gasteiger partial charge >= 0.3 is 0 Å². The number of para-hydroxylation sites is 2. The second kappa shape index (κ2) is 4.69. The molecule has 7 heteroatoms. The number of allylic oxidation sites excluding steroid dienone is 2. The van der Waals surface area contributed by atoms with E-state index in [1.165, 1.54) is 0 Å². The van der Waals surface area contributed by atoms with E-state index in [0.29, 0.717) is 5.52 Å². The van der Waals surface area contributed by atoms with Gasteiger partial charge in [-0.1, -0.05) is 46.9 Å². The Balaban J connectivity index is 2.62. The molecule has 0 atom stereocenters. The van der Waals surface area contributed by atoms with Crippen LogP contribution in [0.25, 0.3) is 16.6 Å². The summed E-state index contributed by atoms with van der Waals surface area (Å²) in [6.07, 6.45) is 0. The molecule has 2 rings (SSSR count). The predicted molar refractivity (Wildman–Crippen MR) is 71.5 cm³/mol. The minimum absolute atomic E-state index is 0.155. The second-order valence-corrected chi connectivity index (χ2v) is 5.72. The van der Waals surface area contributed by atoms with Crippen LogP contribution in [-0.4, -0.2) is 18.9 Å². The molecule has 0 saturated carbocycles. The number of benzene rings is 1. The number of aliphatic hydroxyl groups excluding tert-OH is 1. The van der Waals surface area contributed by atoms with Crippen molar-refractivity contribution in [3.8, 4) is 6.07 Å².